The predicted octanol–water partition coefficient (Wildman–Crippen LogP) is 4.42. The third kappa shape index (κ3) is 5.16. The molecule has 1 saturated heterocycles. The summed E-state index contributed by atoms with van der Waals surface area (Å²) in [6, 6.07) is 14.0. The quantitative estimate of drug-likeness (QED) is 0.511. The Morgan fingerprint density at radius 2 is 2.00 bits per heavy atom. The lowest BCUT2D eigenvalue weighted by Crippen LogP contribution is -2.42. The average Bonchev–Trinajstić information content (AvgIpc) is 3.28. The van der Waals surface area contributed by atoms with Crippen molar-refractivity contribution in [1.29, 1.82) is 0 Å². The van der Waals surface area contributed by atoms with Crippen molar-refractivity contribution in [2.75, 3.05) is 26.3 Å². The zero-order valence-corrected chi connectivity index (χ0v) is 18.8. The molecule has 0 unspecified atom stereocenters. The molecule has 7 nitrogen and oxygen atoms in total. The number of rotatable bonds is 7. The minimum absolute atomic E-state index is 0.0844. The Labute approximate surface area is 188 Å². The van der Waals surface area contributed by atoms with Gasteiger partial charge >= 0.3 is 0 Å². The summed E-state index contributed by atoms with van der Waals surface area (Å²) in [5.74, 6) is 1.89. The van der Waals surface area contributed by atoms with E-state index in [1.807, 2.05) is 55.1 Å². The van der Waals surface area contributed by atoms with Crippen LogP contribution in [0.4, 0.5) is 0 Å². The van der Waals surface area contributed by atoms with Crippen molar-refractivity contribution in [2.45, 2.75) is 39.7 Å². The highest BCUT2D eigenvalue weighted by atomic mass is 16.5. The molecule has 1 amide bonds. The van der Waals surface area contributed by atoms with Crippen molar-refractivity contribution in [1.82, 2.24) is 15.0 Å². The maximum absolute atomic E-state index is 12.7. The third-order valence-corrected chi connectivity index (χ3v) is 5.65. The number of morpholine rings is 1. The van der Waals surface area contributed by atoms with Gasteiger partial charge in [0, 0.05) is 18.5 Å². The molecule has 1 aliphatic rings. The second-order valence-corrected chi connectivity index (χ2v) is 8.19. The lowest BCUT2D eigenvalue weighted by Gasteiger charge is -2.31. The van der Waals surface area contributed by atoms with Gasteiger partial charge in [0.2, 0.25) is 11.7 Å². The second-order valence-electron chi connectivity index (χ2n) is 8.19. The fraction of sp³-hybridized carbons (Fsp3) is 0.400. The molecule has 1 fully saturated rings. The van der Waals surface area contributed by atoms with Crippen LogP contribution in [-0.4, -0.2) is 47.3 Å². The van der Waals surface area contributed by atoms with Crippen LogP contribution in [0.15, 0.2) is 47.0 Å². The summed E-state index contributed by atoms with van der Waals surface area (Å²) in [7, 11) is 0. The molecule has 1 atom stereocenters. The first-order chi connectivity index (χ1) is 15.5. The molecule has 0 saturated carbocycles. The van der Waals surface area contributed by atoms with Gasteiger partial charge in [0.25, 0.3) is 5.89 Å². The topological polar surface area (TPSA) is 77.7 Å². The Morgan fingerprint density at radius 1 is 1.16 bits per heavy atom. The Balaban J connectivity index is 1.29. The maximum atomic E-state index is 12.7. The van der Waals surface area contributed by atoms with Gasteiger partial charge < -0.3 is 18.9 Å². The van der Waals surface area contributed by atoms with Gasteiger partial charge in [-0.25, -0.2) is 0 Å². The molecule has 1 aromatic heterocycles. The van der Waals surface area contributed by atoms with Crippen molar-refractivity contribution in [3.63, 3.8) is 0 Å². The fourth-order valence-corrected chi connectivity index (χ4v) is 3.85. The molecular formula is C25H29N3O4. The molecule has 0 N–H and O–H groups in total. The van der Waals surface area contributed by atoms with Crippen LogP contribution in [0.5, 0.6) is 5.75 Å². The van der Waals surface area contributed by atoms with Crippen LogP contribution in [0.3, 0.4) is 0 Å². The predicted molar refractivity (Wildman–Crippen MR) is 120 cm³/mol. The SMILES string of the molecule is Cc1ccc(OCCCC(=O)N2CCO[C@H](c3nc(-c4ccccc4C)no3)C2)c(C)c1. The van der Waals surface area contributed by atoms with Gasteiger partial charge in [-0.05, 0) is 44.4 Å². The number of amides is 1. The summed E-state index contributed by atoms with van der Waals surface area (Å²) in [6.07, 6.45) is 0.673. The van der Waals surface area contributed by atoms with E-state index in [2.05, 4.69) is 23.1 Å². The van der Waals surface area contributed by atoms with Crippen LogP contribution < -0.4 is 4.74 Å². The zero-order chi connectivity index (χ0) is 22.5. The third-order valence-electron chi connectivity index (χ3n) is 5.65. The van der Waals surface area contributed by atoms with E-state index in [-0.39, 0.29) is 5.91 Å². The molecule has 0 aliphatic carbocycles. The van der Waals surface area contributed by atoms with Gasteiger partial charge in [0.1, 0.15) is 5.75 Å². The Morgan fingerprint density at radius 3 is 2.81 bits per heavy atom. The minimum Gasteiger partial charge on any atom is -0.493 e. The summed E-state index contributed by atoms with van der Waals surface area (Å²) >= 11 is 0. The molecule has 4 rings (SSSR count). The minimum atomic E-state index is -0.413. The first-order valence-corrected chi connectivity index (χ1v) is 11.0. The van der Waals surface area contributed by atoms with Crippen LogP contribution in [0, 0.1) is 20.8 Å². The highest BCUT2D eigenvalue weighted by molar-refractivity contribution is 5.76. The highest BCUT2D eigenvalue weighted by Gasteiger charge is 2.29. The van der Waals surface area contributed by atoms with E-state index in [1.54, 1.807) is 0 Å². The van der Waals surface area contributed by atoms with Crippen LogP contribution >= 0.6 is 0 Å². The Kier molecular flexibility index (Phi) is 6.85. The monoisotopic (exact) mass is 435 g/mol. The largest absolute Gasteiger partial charge is 0.493 e. The molecule has 2 heterocycles. The van der Waals surface area contributed by atoms with E-state index in [0.29, 0.717) is 50.9 Å². The van der Waals surface area contributed by atoms with Crippen molar-refractivity contribution >= 4 is 5.91 Å². The molecule has 7 heteroatoms. The van der Waals surface area contributed by atoms with Gasteiger partial charge in [0.05, 0.1) is 19.8 Å². The number of hydrogen-bond donors (Lipinski definition) is 0. The average molecular weight is 436 g/mol. The van der Waals surface area contributed by atoms with Crippen LogP contribution in [0.1, 0.15) is 41.5 Å². The van der Waals surface area contributed by atoms with Gasteiger partial charge in [-0.1, -0.05) is 47.1 Å². The first-order valence-electron chi connectivity index (χ1n) is 11.0. The van der Waals surface area contributed by atoms with Gasteiger partial charge in [-0.15, -0.1) is 0 Å². The van der Waals surface area contributed by atoms with Crippen molar-refractivity contribution < 1.29 is 18.8 Å². The molecule has 2 aromatic carbocycles. The van der Waals surface area contributed by atoms with E-state index >= 15 is 0 Å². The Hall–Kier alpha value is -3.19. The summed E-state index contributed by atoms with van der Waals surface area (Å²) < 4.78 is 17.1. The molecule has 0 spiro atoms. The molecular weight excluding hydrogens is 406 g/mol. The number of aromatic nitrogens is 2. The molecule has 0 radical (unpaired) electrons. The number of carbonyl (C=O) groups excluding carboxylic acids is 1. The van der Waals surface area contributed by atoms with E-state index < -0.39 is 6.10 Å². The summed E-state index contributed by atoms with van der Waals surface area (Å²) in [6.45, 7) is 8.02. The zero-order valence-electron chi connectivity index (χ0n) is 18.8. The first kappa shape index (κ1) is 22.0. The number of carbonyl (C=O) groups is 1. The molecule has 1 aliphatic heterocycles. The number of aryl methyl sites for hydroxylation is 3. The Bertz CT molecular complexity index is 1080. The lowest BCUT2D eigenvalue weighted by molar-refractivity contribution is -0.140. The summed E-state index contributed by atoms with van der Waals surface area (Å²) in [5, 5.41) is 4.11. The van der Waals surface area contributed by atoms with E-state index in [4.69, 9.17) is 14.0 Å². The number of hydrogen-bond acceptors (Lipinski definition) is 6. The van der Waals surface area contributed by atoms with Crippen molar-refractivity contribution in [3.05, 3.63) is 65.0 Å². The van der Waals surface area contributed by atoms with E-state index in [0.717, 1.165) is 22.4 Å². The van der Waals surface area contributed by atoms with E-state index in [9.17, 15) is 4.79 Å². The van der Waals surface area contributed by atoms with Crippen LogP contribution in [0.25, 0.3) is 11.4 Å². The van der Waals surface area contributed by atoms with Crippen LogP contribution in [0.2, 0.25) is 0 Å². The normalized spacial score (nSPS) is 16.2. The maximum Gasteiger partial charge on any atom is 0.257 e. The van der Waals surface area contributed by atoms with Crippen LogP contribution in [-0.2, 0) is 9.53 Å². The summed E-state index contributed by atoms with van der Waals surface area (Å²) in [4.78, 5) is 19.0. The van der Waals surface area contributed by atoms with Gasteiger partial charge in [0.15, 0.2) is 6.10 Å². The molecule has 32 heavy (non-hydrogen) atoms. The van der Waals surface area contributed by atoms with Gasteiger partial charge in [-0.3, -0.25) is 4.79 Å². The van der Waals surface area contributed by atoms with E-state index in [1.165, 1.54) is 5.56 Å². The highest BCUT2D eigenvalue weighted by Crippen LogP contribution is 2.26. The fourth-order valence-electron chi connectivity index (χ4n) is 3.85. The number of benzene rings is 2. The molecule has 0 bridgehead atoms. The van der Waals surface area contributed by atoms with Crippen molar-refractivity contribution in [3.8, 4) is 17.1 Å². The summed E-state index contributed by atoms with van der Waals surface area (Å²) in [5.41, 5.74) is 4.32. The smallest absolute Gasteiger partial charge is 0.257 e. The van der Waals surface area contributed by atoms with Crippen molar-refractivity contribution in [2.24, 2.45) is 0 Å². The number of nitrogens with zero attached hydrogens (tertiary/aromatic N) is 3. The lowest BCUT2D eigenvalue weighted by atomic mass is 10.1. The second kappa shape index (κ2) is 9.96. The standard InChI is InChI=1S/C25H29N3O4/c1-17-10-11-21(19(3)15-17)30-13-6-9-23(29)28-12-14-31-22(16-28)25-26-24(27-32-25)20-8-5-4-7-18(20)2/h4-5,7-8,10-11,15,22H,6,9,12-14,16H2,1-3H3/t22-/m0/s1. The number of ether oxygens (including phenoxy) is 2. The molecule has 3 aromatic rings. The van der Waals surface area contributed by atoms with Gasteiger partial charge in [-0.2, -0.15) is 4.98 Å². The molecule has 168 valence electrons.